The molecule has 16 heteroatoms. The van der Waals surface area contributed by atoms with Gasteiger partial charge in [-0.3, -0.25) is 4.57 Å². The molecule has 0 aliphatic carbocycles. The van der Waals surface area contributed by atoms with Crippen LogP contribution in [0.4, 0.5) is 5.82 Å². The third kappa shape index (κ3) is 12.2. The zero-order valence-electron chi connectivity index (χ0n) is 39.7. The molecule has 3 atom stereocenters. The Labute approximate surface area is 426 Å². The van der Waals surface area contributed by atoms with E-state index >= 15 is 0 Å². The number of hydrogen-bond acceptors (Lipinski definition) is 11. The molecule has 72 heavy (non-hydrogen) atoms. The molecule has 3 aromatic carbocycles. The molecule has 0 unspecified atom stereocenters. The number of rotatable bonds is 11. The van der Waals surface area contributed by atoms with Gasteiger partial charge in [0.15, 0.2) is 11.5 Å². The van der Waals surface area contributed by atoms with Crippen LogP contribution in [0.15, 0.2) is 140 Å². The zero-order chi connectivity index (χ0) is 50.0. The summed E-state index contributed by atoms with van der Waals surface area (Å²) in [6, 6.07) is 44.9. The highest BCUT2D eigenvalue weighted by Crippen LogP contribution is 2.36. The van der Waals surface area contributed by atoms with Crippen LogP contribution in [-0.4, -0.2) is 99.6 Å². The summed E-state index contributed by atoms with van der Waals surface area (Å²) >= 11 is 12.6. The number of anilines is 1. The largest absolute Gasteiger partial charge is 0.492 e. The third-order valence-electron chi connectivity index (χ3n) is 12.2. The van der Waals surface area contributed by atoms with Gasteiger partial charge < -0.3 is 40.3 Å². The highest BCUT2D eigenvalue weighted by molar-refractivity contribution is 6.53. The van der Waals surface area contributed by atoms with Crippen LogP contribution in [0.25, 0.3) is 68.1 Å². The van der Waals surface area contributed by atoms with E-state index in [0.29, 0.717) is 24.2 Å². The first kappa shape index (κ1) is 49.5. The summed E-state index contributed by atoms with van der Waals surface area (Å²) in [4.78, 5) is 30.4. The maximum atomic E-state index is 9.74. The molecule has 0 amide bonds. The number of nitrogens with zero attached hydrogens (tertiary/aromatic N) is 7. The van der Waals surface area contributed by atoms with Crippen LogP contribution < -0.4 is 10.5 Å². The first-order valence-corrected chi connectivity index (χ1v) is 24.5. The molecule has 11 rings (SSSR count). The van der Waals surface area contributed by atoms with Crippen molar-refractivity contribution in [2.75, 3.05) is 38.6 Å². The lowest BCUT2D eigenvalue weighted by Crippen LogP contribution is -2.27. The third-order valence-corrected chi connectivity index (χ3v) is 12.8. The second kappa shape index (κ2) is 23.2. The summed E-state index contributed by atoms with van der Waals surface area (Å²) < 4.78 is 13.1. The number of H-pyrrole nitrogens is 2. The summed E-state index contributed by atoms with van der Waals surface area (Å²) in [5, 5.41) is 19.6. The Morgan fingerprint density at radius 1 is 0.722 bits per heavy atom. The van der Waals surface area contributed by atoms with Gasteiger partial charge in [-0.1, -0.05) is 98.2 Å². The number of aliphatic hydroxyl groups is 2. The number of fused-ring (bicyclic) bond motifs is 9. The predicted octanol–water partition coefficient (Wildman–Crippen LogP) is 10.9. The van der Waals surface area contributed by atoms with Crippen LogP contribution >= 0.6 is 23.2 Å². The number of hydrogen-bond donors (Lipinski definition) is 5. The number of ether oxygens (including phenoxy) is 2. The topological polar surface area (TPSA) is 189 Å². The van der Waals surface area contributed by atoms with E-state index < -0.39 is 18.4 Å². The molecule has 0 spiro atoms. The van der Waals surface area contributed by atoms with Crippen molar-refractivity contribution >= 4 is 97.2 Å². The molecule has 14 nitrogen and oxygen atoms in total. The summed E-state index contributed by atoms with van der Waals surface area (Å²) in [6.45, 7) is 7.81. The normalized spacial score (nSPS) is 16.2. The van der Waals surface area contributed by atoms with E-state index in [4.69, 9.17) is 43.5 Å². The fourth-order valence-electron chi connectivity index (χ4n) is 8.42. The number of aromatic nitrogens is 8. The Balaban J connectivity index is 0.000000136. The van der Waals surface area contributed by atoms with Crippen molar-refractivity contribution in [2.45, 2.75) is 38.7 Å². The molecule has 0 saturated carbocycles. The van der Waals surface area contributed by atoms with Crippen molar-refractivity contribution in [3.8, 4) is 5.75 Å². The average molecular weight is 1000 g/mol. The predicted molar refractivity (Wildman–Crippen MR) is 290 cm³/mol. The van der Waals surface area contributed by atoms with Gasteiger partial charge in [0, 0.05) is 40.6 Å². The number of nitrogens with two attached hydrogens (primary N) is 1. The Kier molecular flexibility index (Phi) is 16.0. The second-order valence-electron chi connectivity index (χ2n) is 17.0. The molecule has 1 fully saturated rings. The lowest BCUT2D eigenvalue weighted by Gasteiger charge is -2.18. The number of aromatic amines is 2. The number of nitrogens with one attached hydrogen (secondary N) is 2. The maximum Gasteiger partial charge on any atom is 0.226 e. The number of imidazole rings is 1. The van der Waals surface area contributed by atoms with Crippen molar-refractivity contribution in [1.82, 2.24) is 44.4 Å². The van der Waals surface area contributed by atoms with Gasteiger partial charge in [-0.05, 0) is 126 Å². The van der Waals surface area contributed by atoms with E-state index in [1.807, 2.05) is 109 Å². The Morgan fingerprint density at radius 3 is 1.74 bits per heavy atom. The van der Waals surface area contributed by atoms with Gasteiger partial charge in [0.1, 0.15) is 30.2 Å². The van der Waals surface area contributed by atoms with Gasteiger partial charge in [-0.25, -0.2) is 15.0 Å². The SMILES string of the molecule is C1=Cc2cc3ccc(cc4nc(cc5ccc(cc1n2)[nH]5)C=C4)[nH]3.CCN(CC)CCOc1ccc(/C(=C(\Cl)c2ccccc2)c2ccccc2)cc1.Nc1nc(Cl)nc2c1ncn2[C@H]1C[C@H](O)[C@@H](CO)O1. The Morgan fingerprint density at radius 2 is 1.24 bits per heavy atom. The number of benzene rings is 3. The van der Waals surface area contributed by atoms with E-state index in [0.717, 1.165) is 97.5 Å². The molecule has 8 heterocycles. The lowest BCUT2D eigenvalue weighted by molar-refractivity contribution is -0.0432. The van der Waals surface area contributed by atoms with Crippen LogP contribution in [0.1, 0.15) is 66.0 Å². The monoisotopic (exact) mass is 1000 g/mol. The van der Waals surface area contributed by atoms with E-state index in [1.54, 1.807) is 4.57 Å². The van der Waals surface area contributed by atoms with Gasteiger partial charge in [-0.15, -0.1) is 0 Å². The van der Waals surface area contributed by atoms with E-state index in [9.17, 15) is 5.11 Å². The molecule has 1 saturated heterocycles. The van der Waals surface area contributed by atoms with Gasteiger partial charge in [0.25, 0.3) is 0 Å². The van der Waals surface area contributed by atoms with Gasteiger partial charge in [0.05, 0.1) is 46.8 Å². The molecule has 8 aromatic rings. The highest BCUT2D eigenvalue weighted by atomic mass is 35.5. The van der Waals surface area contributed by atoms with Crippen molar-refractivity contribution in [2.24, 2.45) is 0 Å². The van der Waals surface area contributed by atoms with Crippen LogP contribution in [0.3, 0.4) is 0 Å². The summed E-state index contributed by atoms with van der Waals surface area (Å²) in [7, 11) is 0. The first-order chi connectivity index (χ1) is 35.1. The average Bonchev–Trinajstić information content (AvgIpc) is 4.29. The maximum absolute atomic E-state index is 9.74. The Hall–Kier alpha value is -7.43. The lowest BCUT2D eigenvalue weighted by atomic mass is 9.95. The minimum Gasteiger partial charge on any atom is -0.492 e. The molecule has 366 valence electrons. The fourth-order valence-corrected chi connectivity index (χ4v) is 8.93. The molecule has 5 aromatic heterocycles. The summed E-state index contributed by atoms with van der Waals surface area (Å²) in [5.74, 6) is 1.06. The molecular weight excluding hydrogens is 948 g/mol. The number of nitrogen functional groups attached to an aromatic ring is 1. The molecular formula is C56H54Cl2N10O4. The standard InChI is InChI=1S/C26H28ClNO.C20H14N4.C10H12ClN5O3/c1-3-28(4-2)19-20-29-24-17-15-22(16-18-24)25(21-11-7-5-8-12-21)26(27)23-13-9-6-10-14-23;1-2-14-10-16-5-6-18(23-16)12-20-8-7-19(24-20)11-17-4-3-15(22-17)9-13(1)21-14;11-10-14-8(12)7-9(15-10)16(3-13-7)6-1-4(18)5(2-17)19-6/h5-18H,3-4,19-20H2,1-2H3;1-12,21,24H;3-6,17-18H,1-2H2,(H2,12,14,15)/b26-25-;;/t;;4-,5+,6+/m..0/s1. The van der Waals surface area contributed by atoms with E-state index in [-0.39, 0.29) is 17.7 Å². The minimum atomic E-state index is -0.734. The van der Waals surface area contributed by atoms with Crippen molar-refractivity contribution < 1.29 is 19.7 Å². The summed E-state index contributed by atoms with van der Waals surface area (Å²) in [5.41, 5.74) is 18.6. The minimum absolute atomic E-state index is 0.0176. The molecule has 8 bridgehead atoms. The van der Waals surface area contributed by atoms with Crippen LogP contribution in [-0.2, 0) is 4.74 Å². The van der Waals surface area contributed by atoms with Crippen LogP contribution in [0.2, 0.25) is 5.28 Å². The van der Waals surface area contributed by atoms with Crippen molar-refractivity contribution in [3.63, 3.8) is 0 Å². The molecule has 6 N–H and O–H groups in total. The smallest absolute Gasteiger partial charge is 0.226 e. The number of halogens is 2. The van der Waals surface area contributed by atoms with Gasteiger partial charge in [-0.2, -0.15) is 9.97 Å². The number of likely N-dealkylation sites (N-methyl/N-ethyl adjacent to an activating group) is 1. The van der Waals surface area contributed by atoms with Crippen LogP contribution in [0, 0.1) is 0 Å². The van der Waals surface area contributed by atoms with Gasteiger partial charge in [0.2, 0.25) is 5.28 Å². The second-order valence-corrected chi connectivity index (χ2v) is 17.8. The van der Waals surface area contributed by atoms with Crippen molar-refractivity contribution in [1.29, 1.82) is 0 Å². The molecule has 3 aliphatic rings. The number of aliphatic hydroxyl groups excluding tert-OH is 2. The summed E-state index contributed by atoms with van der Waals surface area (Å²) in [6.07, 6.45) is 8.11. The Bertz CT molecular complexity index is 3210. The first-order valence-electron chi connectivity index (χ1n) is 23.7. The highest BCUT2D eigenvalue weighted by Gasteiger charge is 2.35. The van der Waals surface area contributed by atoms with E-state index in [1.165, 1.54) is 6.33 Å². The fraction of sp³-hybridized carbons (Fsp3) is 0.196. The van der Waals surface area contributed by atoms with Crippen LogP contribution in [0.5, 0.6) is 5.75 Å². The van der Waals surface area contributed by atoms with E-state index in [2.05, 4.69) is 102 Å². The zero-order valence-corrected chi connectivity index (χ0v) is 41.2. The molecule has 3 aliphatic heterocycles. The van der Waals surface area contributed by atoms with Gasteiger partial charge >= 0.3 is 0 Å². The van der Waals surface area contributed by atoms with Crippen molar-refractivity contribution in [3.05, 3.63) is 185 Å². The quantitative estimate of drug-likeness (QED) is 0.0612. The molecule has 0 radical (unpaired) electrons.